The highest BCUT2D eigenvalue weighted by molar-refractivity contribution is 5.80. The van der Waals surface area contributed by atoms with Crippen molar-refractivity contribution in [2.75, 3.05) is 0 Å². The molecular formula is C13H9N3O3. The van der Waals surface area contributed by atoms with Crippen LogP contribution in [0.25, 0.3) is 22.2 Å². The van der Waals surface area contributed by atoms with Crippen molar-refractivity contribution in [2.24, 2.45) is 0 Å². The molecule has 0 radical (unpaired) electrons. The van der Waals surface area contributed by atoms with E-state index in [0.717, 1.165) is 6.20 Å². The van der Waals surface area contributed by atoms with Crippen LogP contribution in [0.15, 0.2) is 52.2 Å². The second kappa shape index (κ2) is 4.09. The van der Waals surface area contributed by atoms with Gasteiger partial charge in [0.2, 0.25) is 0 Å². The topological polar surface area (TPSA) is 88.0 Å². The molecule has 6 nitrogen and oxygen atoms in total. The third kappa shape index (κ3) is 1.79. The smallest absolute Gasteiger partial charge is 0.345 e. The molecule has 0 atom stereocenters. The largest absolute Gasteiger partial charge is 0.425 e. The fraction of sp³-hybridized carbons (Fsp3) is 0. The highest BCUT2D eigenvalue weighted by atomic mass is 16.5. The van der Waals surface area contributed by atoms with Crippen LogP contribution < -0.4 is 11.2 Å². The monoisotopic (exact) mass is 255 g/mol. The molecule has 0 saturated carbocycles. The number of rotatable bonds is 1. The van der Waals surface area contributed by atoms with Crippen molar-refractivity contribution < 1.29 is 5.21 Å². The van der Waals surface area contributed by atoms with Gasteiger partial charge < -0.3 is 10.2 Å². The van der Waals surface area contributed by atoms with E-state index in [1.165, 1.54) is 6.07 Å². The van der Waals surface area contributed by atoms with Gasteiger partial charge in [0.1, 0.15) is 0 Å². The molecule has 0 fully saturated rings. The highest BCUT2D eigenvalue weighted by Gasteiger charge is 2.10. The van der Waals surface area contributed by atoms with Gasteiger partial charge in [-0.2, -0.15) is 0 Å². The summed E-state index contributed by atoms with van der Waals surface area (Å²) in [6, 6.07) is 10.5. The summed E-state index contributed by atoms with van der Waals surface area (Å²) in [6.45, 7) is 0. The molecule has 0 aliphatic carbocycles. The highest BCUT2D eigenvalue weighted by Crippen LogP contribution is 2.19. The summed E-state index contributed by atoms with van der Waals surface area (Å²) in [7, 11) is 0. The molecule has 6 heteroatoms. The third-order valence-electron chi connectivity index (χ3n) is 2.84. The van der Waals surface area contributed by atoms with Crippen LogP contribution >= 0.6 is 0 Å². The van der Waals surface area contributed by atoms with E-state index in [4.69, 9.17) is 0 Å². The number of aromatic nitrogens is 3. The van der Waals surface area contributed by atoms with Gasteiger partial charge in [0.25, 0.3) is 5.56 Å². The van der Waals surface area contributed by atoms with E-state index < -0.39 is 11.2 Å². The van der Waals surface area contributed by atoms with Crippen LogP contribution in [0.5, 0.6) is 0 Å². The first-order valence-electron chi connectivity index (χ1n) is 5.56. The number of hydrogen-bond acceptors (Lipinski definition) is 4. The van der Waals surface area contributed by atoms with Gasteiger partial charge in [-0.3, -0.25) is 4.79 Å². The SMILES string of the molecule is O=c1ncc2c(=O)n(O)c(-c3ccccc3)cc2[nH]1. The van der Waals surface area contributed by atoms with Gasteiger partial charge in [-0.15, -0.1) is 4.73 Å². The zero-order valence-electron chi connectivity index (χ0n) is 9.70. The lowest BCUT2D eigenvalue weighted by Crippen LogP contribution is -2.22. The summed E-state index contributed by atoms with van der Waals surface area (Å²) in [5, 5.41) is 10.1. The number of aromatic amines is 1. The van der Waals surface area contributed by atoms with Crippen LogP contribution in [-0.2, 0) is 0 Å². The first-order chi connectivity index (χ1) is 9.16. The van der Waals surface area contributed by atoms with Crippen LogP contribution in [0, 0.1) is 0 Å². The second-order valence-electron chi connectivity index (χ2n) is 4.03. The van der Waals surface area contributed by atoms with Crippen molar-refractivity contribution in [3.63, 3.8) is 0 Å². The average molecular weight is 255 g/mol. The summed E-state index contributed by atoms with van der Waals surface area (Å²) in [5.74, 6) is 0. The number of nitrogens with one attached hydrogen (secondary N) is 1. The number of benzene rings is 1. The maximum atomic E-state index is 12.0. The Morgan fingerprint density at radius 2 is 1.89 bits per heavy atom. The molecule has 1 aromatic carbocycles. The van der Waals surface area contributed by atoms with E-state index in [1.54, 1.807) is 24.3 Å². The Kier molecular flexibility index (Phi) is 2.42. The first kappa shape index (κ1) is 11.2. The molecule has 2 heterocycles. The predicted molar refractivity (Wildman–Crippen MR) is 69.2 cm³/mol. The van der Waals surface area contributed by atoms with E-state index in [-0.39, 0.29) is 5.39 Å². The van der Waals surface area contributed by atoms with Crippen molar-refractivity contribution in [1.29, 1.82) is 0 Å². The fourth-order valence-corrected chi connectivity index (χ4v) is 1.93. The van der Waals surface area contributed by atoms with Crippen molar-refractivity contribution in [3.05, 3.63) is 63.4 Å². The van der Waals surface area contributed by atoms with E-state index >= 15 is 0 Å². The van der Waals surface area contributed by atoms with Crippen LogP contribution in [-0.4, -0.2) is 19.9 Å². The molecule has 19 heavy (non-hydrogen) atoms. The summed E-state index contributed by atoms with van der Waals surface area (Å²) in [5.41, 5.74) is 0.150. The van der Waals surface area contributed by atoms with Gasteiger partial charge >= 0.3 is 5.69 Å². The number of nitrogens with zero attached hydrogens (tertiary/aromatic N) is 2. The summed E-state index contributed by atoms with van der Waals surface area (Å²) in [4.78, 5) is 29.1. The number of hydrogen-bond donors (Lipinski definition) is 2. The molecule has 0 bridgehead atoms. The second-order valence-corrected chi connectivity index (χ2v) is 4.03. The zero-order chi connectivity index (χ0) is 13.4. The molecule has 0 saturated heterocycles. The van der Waals surface area contributed by atoms with Crippen molar-refractivity contribution in [1.82, 2.24) is 14.7 Å². The number of H-pyrrole nitrogens is 1. The molecule has 0 amide bonds. The molecule has 0 spiro atoms. The first-order valence-corrected chi connectivity index (χ1v) is 5.56. The Hall–Kier alpha value is -2.89. The third-order valence-corrected chi connectivity index (χ3v) is 2.84. The van der Waals surface area contributed by atoms with Crippen LogP contribution in [0.3, 0.4) is 0 Å². The van der Waals surface area contributed by atoms with E-state index in [9.17, 15) is 14.8 Å². The minimum absolute atomic E-state index is 0.154. The standard InChI is InChI=1S/C13H9N3O3/c17-12-9-7-14-13(18)15-10(9)6-11(16(12)19)8-4-2-1-3-5-8/h1-7,19H,(H,14,15,18). The van der Waals surface area contributed by atoms with Gasteiger partial charge in [0.15, 0.2) is 0 Å². The molecule has 2 N–H and O–H groups in total. The van der Waals surface area contributed by atoms with Crippen LogP contribution in [0.2, 0.25) is 0 Å². The van der Waals surface area contributed by atoms with E-state index in [2.05, 4.69) is 9.97 Å². The lowest BCUT2D eigenvalue weighted by Gasteiger charge is -2.08. The Morgan fingerprint density at radius 1 is 1.16 bits per heavy atom. The number of fused-ring (bicyclic) bond motifs is 1. The minimum Gasteiger partial charge on any atom is -0.425 e. The summed E-state index contributed by atoms with van der Waals surface area (Å²) < 4.78 is 0.553. The lowest BCUT2D eigenvalue weighted by atomic mass is 10.1. The number of pyridine rings is 1. The van der Waals surface area contributed by atoms with Gasteiger partial charge in [-0.25, -0.2) is 9.78 Å². The normalized spacial score (nSPS) is 10.7. The van der Waals surface area contributed by atoms with Crippen molar-refractivity contribution in [2.45, 2.75) is 0 Å². The Balaban J connectivity index is 2.41. The lowest BCUT2D eigenvalue weighted by molar-refractivity contribution is 0.181. The Labute approximate surface area is 106 Å². The van der Waals surface area contributed by atoms with Gasteiger partial charge in [0.05, 0.1) is 16.6 Å². The fourth-order valence-electron chi connectivity index (χ4n) is 1.93. The maximum Gasteiger partial charge on any atom is 0.345 e. The summed E-state index contributed by atoms with van der Waals surface area (Å²) >= 11 is 0. The van der Waals surface area contributed by atoms with E-state index in [1.807, 2.05) is 6.07 Å². The molecule has 94 valence electrons. The molecule has 0 unspecified atom stereocenters. The average Bonchev–Trinajstić information content (AvgIpc) is 2.43. The van der Waals surface area contributed by atoms with Crippen molar-refractivity contribution in [3.8, 4) is 11.3 Å². The minimum atomic E-state index is -0.625. The quantitative estimate of drug-likeness (QED) is 0.635. The Bertz CT molecular complexity index is 866. The van der Waals surface area contributed by atoms with Gasteiger partial charge in [0, 0.05) is 11.8 Å². The van der Waals surface area contributed by atoms with E-state index in [0.29, 0.717) is 21.5 Å². The molecule has 3 aromatic rings. The molecule has 2 aromatic heterocycles. The Morgan fingerprint density at radius 3 is 2.63 bits per heavy atom. The zero-order valence-corrected chi connectivity index (χ0v) is 9.70. The molecule has 0 aliphatic heterocycles. The maximum absolute atomic E-state index is 12.0. The summed E-state index contributed by atoms with van der Waals surface area (Å²) in [6.07, 6.45) is 1.15. The molecule has 0 aliphatic rings. The van der Waals surface area contributed by atoms with Crippen LogP contribution in [0.1, 0.15) is 0 Å². The van der Waals surface area contributed by atoms with Crippen molar-refractivity contribution >= 4 is 10.9 Å². The van der Waals surface area contributed by atoms with Crippen LogP contribution in [0.4, 0.5) is 0 Å². The molecule has 3 rings (SSSR count). The van der Waals surface area contributed by atoms with Gasteiger partial charge in [-0.1, -0.05) is 30.3 Å². The molecular weight excluding hydrogens is 246 g/mol. The predicted octanol–water partition coefficient (Wildman–Crippen LogP) is 0.989. The van der Waals surface area contributed by atoms with Gasteiger partial charge in [-0.05, 0) is 6.07 Å².